The lowest BCUT2D eigenvalue weighted by Crippen LogP contribution is -2.16. The molecule has 2 aromatic rings. The molecule has 0 aliphatic heterocycles. The van der Waals surface area contributed by atoms with Crippen LogP contribution >= 0.6 is 0 Å². The third kappa shape index (κ3) is 6.52. The topological polar surface area (TPSA) is 9.23 Å². The minimum Gasteiger partial charge on any atom is -0.406 e. The van der Waals surface area contributed by atoms with Gasteiger partial charge in [-0.05, 0) is 79.2 Å². The van der Waals surface area contributed by atoms with Crippen LogP contribution in [0.2, 0.25) is 0 Å². The molecule has 0 unspecified atom stereocenters. The maximum absolute atomic E-state index is 12.3. The van der Waals surface area contributed by atoms with Gasteiger partial charge in [-0.1, -0.05) is 61.2 Å². The van der Waals surface area contributed by atoms with E-state index >= 15 is 0 Å². The van der Waals surface area contributed by atoms with Crippen LogP contribution in [-0.4, -0.2) is 6.36 Å². The van der Waals surface area contributed by atoms with E-state index in [9.17, 15) is 13.2 Å². The fourth-order valence-electron chi connectivity index (χ4n) is 4.11. The van der Waals surface area contributed by atoms with Gasteiger partial charge in [-0.2, -0.15) is 0 Å². The Labute approximate surface area is 170 Å². The third-order valence-electron chi connectivity index (χ3n) is 5.66. The summed E-state index contributed by atoms with van der Waals surface area (Å²) in [5, 5.41) is 0. The van der Waals surface area contributed by atoms with Gasteiger partial charge in [-0.3, -0.25) is 0 Å². The van der Waals surface area contributed by atoms with Gasteiger partial charge >= 0.3 is 6.36 Å². The quantitative estimate of drug-likeness (QED) is 0.427. The smallest absolute Gasteiger partial charge is 0.406 e. The van der Waals surface area contributed by atoms with Crippen LogP contribution < -0.4 is 4.74 Å². The molecule has 154 valence electrons. The minimum atomic E-state index is -4.66. The van der Waals surface area contributed by atoms with E-state index in [1.807, 2.05) is 12.2 Å². The largest absolute Gasteiger partial charge is 0.573 e. The summed E-state index contributed by atoms with van der Waals surface area (Å²) in [5.74, 6) is 1.22. The van der Waals surface area contributed by atoms with Crippen LogP contribution in [0.5, 0.6) is 5.75 Å². The third-order valence-corrected chi connectivity index (χ3v) is 5.66. The summed E-state index contributed by atoms with van der Waals surface area (Å²) in [4.78, 5) is 0. The molecule has 0 amide bonds. The van der Waals surface area contributed by atoms with Gasteiger partial charge in [0, 0.05) is 0 Å². The van der Waals surface area contributed by atoms with Crippen LogP contribution in [0.4, 0.5) is 13.2 Å². The lowest BCUT2D eigenvalue weighted by molar-refractivity contribution is -0.274. The van der Waals surface area contributed by atoms with E-state index in [1.54, 1.807) is 12.1 Å². The molecule has 1 nitrogen and oxygen atoms in total. The molecule has 29 heavy (non-hydrogen) atoms. The minimum absolute atomic E-state index is 0.199. The van der Waals surface area contributed by atoms with E-state index < -0.39 is 6.36 Å². The Kier molecular flexibility index (Phi) is 7.18. The van der Waals surface area contributed by atoms with Crippen LogP contribution in [0.25, 0.3) is 11.1 Å². The predicted octanol–water partition coefficient (Wildman–Crippen LogP) is 8.05. The normalized spacial score (nSPS) is 20.0. The summed E-state index contributed by atoms with van der Waals surface area (Å²) in [6.45, 7) is 3.70. The molecule has 4 heteroatoms. The van der Waals surface area contributed by atoms with E-state index in [4.69, 9.17) is 0 Å². The predicted molar refractivity (Wildman–Crippen MR) is 112 cm³/mol. The SMILES string of the molecule is C=CC=CCCC1CCC(c2ccc(-c3ccc(OC(F)(F)F)cc3)cc2)CC1. The highest BCUT2D eigenvalue weighted by Gasteiger charge is 2.31. The summed E-state index contributed by atoms with van der Waals surface area (Å²) in [6.07, 6.45) is 8.74. The van der Waals surface area contributed by atoms with Crippen molar-refractivity contribution in [3.8, 4) is 16.9 Å². The second-order valence-electron chi connectivity index (χ2n) is 7.65. The van der Waals surface area contributed by atoms with Crippen molar-refractivity contribution in [3.05, 3.63) is 78.9 Å². The highest BCUT2D eigenvalue weighted by molar-refractivity contribution is 5.64. The van der Waals surface area contributed by atoms with E-state index in [0.717, 1.165) is 23.5 Å². The van der Waals surface area contributed by atoms with Crippen molar-refractivity contribution in [1.82, 2.24) is 0 Å². The second-order valence-corrected chi connectivity index (χ2v) is 7.65. The van der Waals surface area contributed by atoms with Crippen molar-refractivity contribution in [2.45, 2.75) is 50.8 Å². The molecule has 3 rings (SSSR count). The molecule has 0 bridgehead atoms. The fraction of sp³-hybridized carbons (Fsp3) is 0.360. The van der Waals surface area contributed by atoms with Gasteiger partial charge in [0.15, 0.2) is 0 Å². The number of hydrogen-bond donors (Lipinski definition) is 0. The van der Waals surface area contributed by atoms with Crippen LogP contribution in [0.1, 0.15) is 50.0 Å². The van der Waals surface area contributed by atoms with Crippen LogP contribution in [-0.2, 0) is 0 Å². The van der Waals surface area contributed by atoms with Gasteiger partial charge in [0.25, 0.3) is 0 Å². The molecule has 0 aromatic heterocycles. The maximum atomic E-state index is 12.3. The van der Waals surface area contributed by atoms with Crippen molar-refractivity contribution in [2.75, 3.05) is 0 Å². The summed E-state index contributed by atoms with van der Waals surface area (Å²) >= 11 is 0. The zero-order valence-electron chi connectivity index (χ0n) is 16.5. The molecule has 0 heterocycles. The van der Waals surface area contributed by atoms with Crippen molar-refractivity contribution in [1.29, 1.82) is 0 Å². The van der Waals surface area contributed by atoms with Crippen LogP contribution in [0.15, 0.2) is 73.3 Å². The molecule has 1 aliphatic carbocycles. The highest BCUT2D eigenvalue weighted by Crippen LogP contribution is 2.38. The van der Waals surface area contributed by atoms with Gasteiger partial charge in [0.2, 0.25) is 0 Å². The molecule has 0 radical (unpaired) electrons. The monoisotopic (exact) mass is 400 g/mol. The summed E-state index contributed by atoms with van der Waals surface area (Å²) in [5.41, 5.74) is 3.23. The van der Waals surface area contributed by atoms with E-state index in [2.05, 4.69) is 41.7 Å². The number of halogens is 3. The zero-order chi connectivity index (χ0) is 20.7. The van der Waals surface area contributed by atoms with Gasteiger partial charge < -0.3 is 4.74 Å². The molecule has 1 aliphatic rings. The van der Waals surface area contributed by atoms with Crippen LogP contribution in [0, 0.1) is 5.92 Å². The number of alkyl halides is 3. The maximum Gasteiger partial charge on any atom is 0.573 e. The Balaban J connectivity index is 1.54. The summed E-state index contributed by atoms with van der Waals surface area (Å²) < 4.78 is 40.7. The zero-order valence-corrected chi connectivity index (χ0v) is 16.5. The van der Waals surface area contributed by atoms with Gasteiger partial charge in [0.1, 0.15) is 5.75 Å². The number of ether oxygens (including phenoxy) is 1. The Hall–Kier alpha value is -2.49. The van der Waals surface area contributed by atoms with Crippen LogP contribution in [0.3, 0.4) is 0 Å². The molecule has 2 aromatic carbocycles. The standard InChI is InChI=1S/C25H27F3O/c1-2-3-4-5-6-19-7-9-20(10-8-19)21-11-13-22(14-12-21)23-15-17-24(18-16-23)29-25(26,27)28/h2-4,11-20H,1,5-10H2. The first kappa shape index (κ1) is 21.2. The first-order valence-electron chi connectivity index (χ1n) is 10.2. The molecule has 1 fully saturated rings. The molecular formula is C25H27F3O. The van der Waals surface area contributed by atoms with E-state index in [0.29, 0.717) is 5.92 Å². The van der Waals surface area contributed by atoms with Gasteiger partial charge in [0.05, 0.1) is 0 Å². The Morgan fingerprint density at radius 2 is 1.48 bits per heavy atom. The second kappa shape index (κ2) is 9.82. The number of hydrogen-bond acceptors (Lipinski definition) is 1. The Morgan fingerprint density at radius 3 is 2.03 bits per heavy atom. The number of benzene rings is 2. The van der Waals surface area contributed by atoms with Crippen molar-refractivity contribution in [3.63, 3.8) is 0 Å². The van der Waals surface area contributed by atoms with Crippen molar-refractivity contribution in [2.24, 2.45) is 5.92 Å². The lowest BCUT2D eigenvalue weighted by atomic mass is 9.77. The first-order chi connectivity index (χ1) is 13.9. The van der Waals surface area contributed by atoms with Crippen molar-refractivity contribution >= 4 is 0 Å². The van der Waals surface area contributed by atoms with Gasteiger partial charge in [-0.15, -0.1) is 13.2 Å². The number of rotatable bonds is 7. The lowest BCUT2D eigenvalue weighted by Gasteiger charge is -2.28. The Morgan fingerprint density at radius 1 is 0.897 bits per heavy atom. The van der Waals surface area contributed by atoms with Gasteiger partial charge in [-0.25, -0.2) is 0 Å². The molecule has 0 N–H and O–H groups in total. The fourth-order valence-corrected chi connectivity index (χ4v) is 4.11. The molecule has 1 saturated carbocycles. The average Bonchev–Trinajstić information content (AvgIpc) is 2.71. The molecule has 0 saturated heterocycles. The van der Waals surface area contributed by atoms with Crippen molar-refractivity contribution < 1.29 is 17.9 Å². The molecular weight excluding hydrogens is 373 g/mol. The highest BCUT2D eigenvalue weighted by atomic mass is 19.4. The molecule has 0 atom stereocenters. The number of allylic oxidation sites excluding steroid dienone is 3. The average molecular weight is 400 g/mol. The van der Waals surface area contributed by atoms with E-state index in [1.165, 1.54) is 49.8 Å². The van der Waals surface area contributed by atoms with E-state index in [-0.39, 0.29) is 5.75 Å². The Bertz CT molecular complexity index is 795. The summed E-state index contributed by atoms with van der Waals surface area (Å²) in [6, 6.07) is 14.4. The molecule has 0 spiro atoms. The summed E-state index contributed by atoms with van der Waals surface area (Å²) in [7, 11) is 0. The first-order valence-corrected chi connectivity index (χ1v) is 10.2.